The lowest BCUT2D eigenvalue weighted by Crippen LogP contribution is -2.52. The topological polar surface area (TPSA) is 119 Å². The molecule has 0 spiro atoms. The van der Waals surface area contributed by atoms with Gasteiger partial charge in [0.25, 0.3) is 5.91 Å². The fraction of sp³-hybridized carbons (Fsp3) is 0.395. The highest BCUT2D eigenvalue weighted by Crippen LogP contribution is 2.45. The number of hydrogen-bond donors (Lipinski definition) is 2. The Bertz CT molecular complexity index is 2040. The number of amides is 3. The molecule has 5 aliphatic heterocycles. The van der Waals surface area contributed by atoms with Crippen molar-refractivity contribution in [2.75, 3.05) is 55.6 Å². The van der Waals surface area contributed by atoms with Crippen molar-refractivity contribution >= 4 is 29.2 Å². The zero-order chi connectivity index (χ0) is 36.8. The molecule has 9 rings (SSSR count). The molecule has 3 saturated heterocycles. The maximum absolute atomic E-state index is 13.1. The molecule has 0 saturated carbocycles. The van der Waals surface area contributed by atoms with Crippen LogP contribution in [0.15, 0.2) is 85.1 Å². The van der Waals surface area contributed by atoms with Gasteiger partial charge in [-0.2, -0.15) is 0 Å². The summed E-state index contributed by atoms with van der Waals surface area (Å²) in [6.07, 6.45) is 4.78. The van der Waals surface area contributed by atoms with Crippen molar-refractivity contribution in [3.8, 4) is 5.75 Å². The van der Waals surface area contributed by atoms with Gasteiger partial charge in [0, 0.05) is 82.1 Å². The van der Waals surface area contributed by atoms with Crippen molar-refractivity contribution < 1.29 is 24.2 Å². The van der Waals surface area contributed by atoms with E-state index in [0.29, 0.717) is 31.1 Å². The number of benzene rings is 3. The molecular weight excluding hydrogens is 681 g/mol. The van der Waals surface area contributed by atoms with Crippen LogP contribution in [0.3, 0.4) is 0 Å². The highest BCUT2D eigenvalue weighted by atomic mass is 16.5. The molecule has 4 aromatic rings. The Labute approximate surface area is 315 Å². The van der Waals surface area contributed by atoms with E-state index in [-0.39, 0.29) is 41.9 Å². The molecule has 3 atom stereocenters. The zero-order valence-corrected chi connectivity index (χ0v) is 30.4. The molecule has 3 amide bonds. The van der Waals surface area contributed by atoms with Gasteiger partial charge in [-0.1, -0.05) is 42.5 Å². The number of fused-ring (bicyclic) bond motifs is 2. The number of carbonyl (C=O) groups excluding carboxylic acids is 3. The summed E-state index contributed by atoms with van der Waals surface area (Å²) in [5.74, 6) is 1.12. The predicted molar refractivity (Wildman–Crippen MR) is 204 cm³/mol. The van der Waals surface area contributed by atoms with E-state index in [0.717, 1.165) is 92.4 Å². The molecule has 54 heavy (non-hydrogen) atoms. The molecule has 0 radical (unpaired) electrons. The van der Waals surface area contributed by atoms with Crippen LogP contribution in [0.4, 0.5) is 11.5 Å². The summed E-state index contributed by atoms with van der Waals surface area (Å²) in [5, 5.41) is 12.5. The Morgan fingerprint density at radius 3 is 2.37 bits per heavy atom. The van der Waals surface area contributed by atoms with Crippen LogP contribution in [0.5, 0.6) is 5.75 Å². The maximum Gasteiger partial charge on any atom is 0.255 e. The molecule has 2 N–H and O–H groups in total. The third-order valence-electron chi connectivity index (χ3n) is 12.1. The summed E-state index contributed by atoms with van der Waals surface area (Å²) in [6.45, 7) is 7.80. The Morgan fingerprint density at radius 2 is 1.61 bits per heavy atom. The van der Waals surface area contributed by atoms with Gasteiger partial charge in [0.1, 0.15) is 17.6 Å². The molecule has 3 aromatic carbocycles. The largest absolute Gasteiger partial charge is 0.508 e. The lowest BCUT2D eigenvalue weighted by molar-refractivity contribution is -0.136. The molecule has 6 heterocycles. The number of rotatable bonds is 7. The summed E-state index contributed by atoms with van der Waals surface area (Å²) in [7, 11) is 0. The normalized spacial score (nSPS) is 23.7. The first-order valence-electron chi connectivity index (χ1n) is 19.3. The van der Waals surface area contributed by atoms with Gasteiger partial charge in [-0.25, -0.2) is 4.98 Å². The lowest BCUT2D eigenvalue weighted by Gasteiger charge is -2.40. The summed E-state index contributed by atoms with van der Waals surface area (Å²) in [4.78, 5) is 51.2. The van der Waals surface area contributed by atoms with Gasteiger partial charge in [-0.05, 0) is 89.4 Å². The molecule has 0 unspecified atom stereocenters. The number of aromatic hydroxyl groups is 1. The van der Waals surface area contributed by atoms with Gasteiger partial charge in [0.05, 0.1) is 12.7 Å². The minimum atomic E-state index is -0.593. The smallest absolute Gasteiger partial charge is 0.255 e. The minimum Gasteiger partial charge on any atom is -0.508 e. The number of phenolic OH excluding ortho intramolecular Hbond substituents is 1. The van der Waals surface area contributed by atoms with Gasteiger partial charge < -0.3 is 24.5 Å². The lowest BCUT2D eigenvalue weighted by atomic mass is 9.80. The first kappa shape index (κ1) is 34.5. The molecule has 278 valence electrons. The number of hydrogen-bond acceptors (Lipinski definition) is 9. The standard InChI is InChI=1S/C43H46N6O5/c50-34-8-10-35-32(23-34)27-54-41(29-4-2-1-3-5-29)40(35)30-6-12-38(44-24-30)48-16-14-28(15-17-48)25-46-18-20-47(21-19-46)33-7-9-36-31(22-33)26-49(43(36)53)37-11-13-39(51)45-42(37)52/h1-10,12,22-24,28,37,40-41,50H,11,13-21,25-27H2,(H,45,51,52)/t37-,40-,41-/m0/s1. The van der Waals surface area contributed by atoms with E-state index in [1.165, 1.54) is 5.56 Å². The van der Waals surface area contributed by atoms with E-state index >= 15 is 0 Å². The SMILES string of the molecule is O=C1CC[C@H](N2Cc3cc(N4CCN(CC5CCN(c6ccc([C@H]7c8ccc(O)cc8CO[C@H]7c7ccccc7)cn6)CC5)CC4)ccc3C2=O)C(=O)N1. The van der Waals surface area contributed by atoms with E-state index < -0.39 is 6.04 Å². The fourth-order valence-corrected chi connectivity index (χ4v) is 9.17. The average molecular weight is 727 g/mol. The van der Waals surface area contributed by atoms with E-state index in [2.05, 4.69) is 62.5 Å². The summed E-state index contributed by atoms with van der Waals surface area (Å²) >= 11 is 0. The third kappa shape index (κ3) is 6.71. The number of anilines is 2. The quantitative estimate of drug-likeness (QED) is 0.254. The number of imide groups is 1. The number of nitrogens with one attached hydrogen (secondary N) is 1. The van der Waals surface area contributed by atoms with Crippen LogP contribution >= 0.6 is 0 Å². The van der Waals surface area contributed by atoms with Crippen LogP contribution < -0.4 is 15.1 Å². The van der Waals surface area contributed by atoms with Crippen LogP contribution in [0.1, 0.15) is 75.9 Å². The summed E-state index contributed by atoms with van der Waals surface area (Å²) < 4.78 is 6.42. The van der Waals surface area contributed by atoms with Crippen LogP contribution in [-0.2, 0) is 27.5 Å². The Kier molecular flexibility index (Phi) is 9.28. The Morgan fingerprint density at radius 1 is 0.796 bits per heavy atom. The van der Waals surface area contributed by atoms with Gasteiger partial charge in [0.15, 0.2) is 0 Å². The number of piperidine rings is 2. The Balaban J connectivity index is 0.780. The van der Waals surface area contributed by atoms with Crippen molar-refractivity contribution in [2.45, 2.75) is 56.9 Å². The van der Waals surface area contributed by atoms with Crippen LogP contribution in [0.25, 0.3) is 0 Å². The third-order valence-corrected chi connectivity index (χ3v) is 12.1. The number of phenols is 1. The van der Waals surface area contributed by atoms with Crippen molar-refractivity contribution in [1.82, 2.24) is 20.1 Å². The second-order valence-corrected chi connectivity index (χ2v) is 15.4. The van der Waals surface area contributed by atoms with Crippen molar-refractivity contribution in [3.63, 3.8) is 0 Å². The monoisotopic (exact) mass is 726 g/mol. The molecule has 11 heteroatoms. The molecule has 3 fully saturated rings. The zero-order valence-electron chi connectivity index (χ0n) is 30.4. The van der Waals surface area contributed by atoms with Gasteiger partial charge in [-0.3, -0.25) is 24.6 Å². The van der Waals surface area contributed by atoms with Gasteiger partial charge >= 0.3 is 0 Å². The highest BCUT2D eigenvalue weighted by molar-refractivity contribution is 6.05. The minimum absolute atomic E-state index is 0.0215. The highest BCUT2D eigenvalue weighted by Gasteiger charge is 2.39. The molecule has 1 aromatic heterocycles. The van der Waals surface area contributed by atoms with Crippen LogP contribution in [-0.4, -0.2) is 89.5 Å². The Hall–Kier alpha value is -5.26. The predicted octanol–water partition coefficient (Wildman–Crippen LogP) is 4.99. The first-order chi connectivity index (χ1) is 26.4. The maximum atomic E-state index is 13.1. The second-order valence-electron chi connectivity index (χ2n) is 15.4. The van der Waals surface area contributed by atoms with E-state index in [4.69, 9.17) is 9.72 Å². The number of nitrogens with zero attached hydrogens (tertiary/aromatic N) is 5. The average Bonchev–Trinajstić information content (AvgIpc) is 3.53. The summed E-state index contributed by atoms with van der Waals surface area (Å²) in [5.41, 5.74) is 7.15. The van der Waals surface area contributed by atoms with E-state index in [1.807, 2.05) is 36.5 Å². The van der Waals surface area contributed by atoms with Crippen molar-refractivity contribution in [3.05, 3.63) is 118 Å². The molecule has 5 aliphatic rings. The molecule has 11 nitrogen and oxygen atoms in total. The molecule has 0 bridgehead atoms. The van der Waals surface area contributed by atoms with Crippen molar-refractivity contribution in [2.24, 2.45) is 5.92 Å². The first-order valence-corrected chi connectivity index (χ1v) is 19.3. The van der Waals surface area contributed by atoms with Crippen LogP contribution in [0.2, 0.25) is 0 Å². The van der Waals surface area contributed by atoms with Gasteiger partial charge in [-0.15, -0.1) is 0 Å². The summed E-state index contributed by atoms with van der Waals surface area (Å²) in [6, 6.07) is 25.8. The number of aromatic nitrogens is 1. The number of ether oxygens (including phenoxy) is 1. The van der Waals surface area contributed by atoms with E-state index in [9.17, 15) is 19.5 Å². The van der Waals surface area contributed by atoms with E-state index in [1.54, 1.807) is 11.0 Å². The fourth-order valence-electron chi connectivity index (χ4n) is 9.17. The molecular formula is C43H46N6O5. The van der Waals surface area contributed by atoms with Gasteiger partial charge in [0.2, 0.25) is 11.8 Å². The number of carbonyl (C=O) groups is 3. The number of pyridine rings is 1. The van der Waals surface area contributed by atoms with Crippen molar-refractivity contribution in [1.29, 1.82) is 0 Å². The molecule has 0 aliphatic carbocycles. The number of piperazine rings is 1. The second kappa shape index (κ2) is 14.5. The van der Waals surface area contributed by atoms with Crippen LogP contribution in [0, 0.1) is 5.92 Å².